The van der Waals surface area contributed by atoms with Gasteiger partial charge in [-0.15, -0.1) is 11.8 Å². The molecule has 6 nitrogen and oxygen atoms in total. The van der Waals surface area contributed by atoms with Crippen LogP contribution in [0.4, 0.5) is 0 Å². The van der Waals surface area contributed by atoms with Crippen molar-refractivity contribution in [3.05, 3.63) is 108 Å². The third kappa shape index (κ3) is 3.79. The van der Waals surface area contributed by atoms with E-state index >= 15 is 0 Å². The number of carbonyl (C=O) groups is 2. The molecule has 2 N–H and O–H groups in total. The van der Waals surface area contributed by atoms with Gasteiger partial charge in [-0.2, -0.15) is 0 Å². The molecule has 3 aromatic rings. The summed E-state index contributed by atoms with van der Waals surface area (Å²) in [5, 5.41) is 13.8. The lowest BCUT2D eigenvalue weighted by Gasteiger charge is -2.49. The SMILES string of the molecule is CN1CCC2(CC1)SC1C(NC(c3ccccc3)(c3ccccc3)c3ccccc3)C(=O)N1C2C(=O)O. The number of amides is 1. The van der Waals surface area contributed by atoms with Gasteiger partial charge in [0.05, 0.1) is 10.3 Å². The van der Waals surface area contributed by atoms with E-state index in [-0.39, 0.29) is 11.3 Å². The quantitative estimate of drug-likeness (QED) is 0.386. The van der Waals surface area contributed by atoms with E-state index in [1.54, 1.807) is 16.7 Å². The number of hydrogen-bond acceptors (Lipinski definition) is 5. The Morgan fingerprint density at radius 1 is 0.892 bits per heavy atom. The van der Waals surface area contributed by atoms with Gasteiger partial charge >= 0.3 is 5.97 Å². The largest absolute Gasteiger partial charge is 0.480 e. The van der Waals surface area contributed by atoms with E-state index in [1.165, 1.54) is 0 Å². The number of β-lactam (4-membered cyclic amide) rings is 1. The summed E-state index contributed by atoms with van der Waals surface area (Å²) >= 11 is 1.70. The number of likely N-dealkylation sites (tertiary alicyclic amines) is 1. The fourth-order valence-corrected chi connectivity index (χ4v) is 8.26. The molecule has 0 saturated carbocycles. The zero-order valence-electron chi connectivity index (χ0n) is 20.8. The molecule has 3 aromatic carbocycles. The summed E-state index contributed by atoms with van der Waals surface area (Å²) in [6.07, 6.45) is 1.53. The number of carboxylic acids is 1. The van der Waals surface area contributed by atoms with E-state index < -0.39 is 28.3 Å². The number of fused-ring (bicyclic) bond motifs is 1. The molecule has 1 spiro atoms. The van der Waals surface area contributed by atoms with Crippen molar-refractivity contribution >= 4 is 23.6 Å². The van der Waals surface area contributed by atoms with Gasteiger partial charge in [0.1, 0.15) is 17.5 Å². The van der Waals surface area contributed by atoms with E-state index in [0.29, 0.717) is 0 Å². The zero-order chi connectivity index (χ0) is 25.6. The Labute approximate surface area is 221 Å². The minimum atomic E-state index is -0.896. The van der Waals surface area contributed by atoms with Gasteiger partial charge in [0, 0.05) is 0 Å². The number of nitrogens with zero attached hydrogens (tertiary/aromatic N) is 2. The fourth-order valence-electron chi connectivity index (χ4n) is 6.36. The molecule has 1 amide bonds. The molecular weight excluding hydrogens is 482 g/mol. The Hall–Kier alpha value is -3.13. The first-order valence-electron chi connectivity index (χ1n) is 12.8. The molecule has 0 aromatic heterocycles. The van der Waals surface area contributed by atoms with Crippen molar-refractivity contribution in [1.82, 2.24) is 15.1 Å². The van der Waals surface area contributed by atoms with E-state index in [9.17, 15) is 14.7 Å². The summed E-state index contributed by atoms with van der Waals surface area (Å²) in [6, 6.07) is 29.3. The molecule has 190 valence electrons. The molecule has 3 atom stereocenters. The normalized spacial score (nSPS) is 25.1. The molecule has 3 aliphatic rings. The fraction of sp³-hybridized carbons (Fsp3) is 0.333. The van der Waals surface area contributed by atoms with Crippen LogP contribution in [0.15, 0.2) is 91.0 Å². The Morgan fingerprint density at radius 3 is 1.78 bits per heavy atom. The third-order valence-corrected chi connectivity index (χ3v) is 10.1. The second kappa shape index (κ2) is 9.31. The number of rotatable bonds is 6. The number of nitrogens with one attached hydrogen (secondary N) is 1. The number of carbonyl (C=O) groups excluding carboxylic acids is 1. The van der Waals surface area contributed by atoms with Gasteiger partial charge in [0.25, 0.3) is 0 Å². The van der Waals surface area contributed by atoms with Crippen molar-refractivity contribution < 1.29 is 14.7 Å². The lowest BCUT2D eigenvalue weighted by molar-refractivity contribution is -0.161. The number of carboxylic acid groups (broad SMARTS) is 1. The van der Waals surface area contributed by atoms with Gasteiger partial charge in [-0.05, 0) is 49.7 Å². The van der Waals surface area contributed by atoms with Crippen LogP contribution in [-0.4, -0.2) is 69.1 Å². The average Bonchev–Trinajstić information content (AvgIpc) is 3.24. The highest BCUT2D eigenvalue weighted by molar-refractivity contribution is 8.01. The summed E-state index contributed by atoms with van der Waals surface area (Å²) in [6.45, 7) is 1.68. The summed E-state index contributed by atoms with van der Waals surface area (Å²) in [5.74, 6) is -1.03. The van der Waals surface area contributed by atoms with Crippen LogP contribution in [0.25, 0.3) is 0 Å². The van der Waals surface area contributed by atoms with Crippen LogP contribution < -0.4 is 5.32 Å². The Morgan fingerprint density at radius 2 is 1.35 bits per heavy atom. The number of hydrogen-bond donors (Lipinski definition) is 2. The standard InChI is InChI=1S/C30H31N3O3S/c1-32-19-17-29(18-20-32)25(28(35)36)33-26(34)24(27(33)37-29)31-30(21-11-5-2-6-12-21,22-13-7-3-8-14-22)23-15-9-4-10-16-23/h2-16,24-25,27,31H,17-20H2,1H3,(H,35,36). The van der Waals surface area contributed by atoms with Crippen LogP contribution >= 0.6 is 11.8 Å². The van der Waals surface area contributed by atoms with Crippen LogP contribution in [0.2, 0.25) is 0 Å². The first-order valence-corrected chi connectivity index (χ1v) is 13.7. The van der Waals surface area contributed by atoms with Crippen molar-refractivity contribution in [3.8, 4) is 0 Å². The first kappa shape index (κ1) is 24.2. The van der Waals surface area contributed by atoms with Crippen molar-refractivity contribution in [1.29, 1.82) is 0 Å². The monoisotopic (exact) mass is 513 g/mol. The van der Waals surface area contributed by atoms with Gasteiger partial charge in [-0.25, -0.2) is 4.79 Å². The van der Waals surface area contributed by atoms with Crippen molar-refractivity contribution in [2.45, 2.75) is 40.6 Å². The van der Waals surface area contributed by atoms with Gasteiger partial charge in [-0.3, -0.25) is 10.1 Å². The van der Waals surface area contributed by atoms with E-state index in [4.69, 9.17) is 0 Å². The maximum absolute atomic E-state index is 13.8. The van der Waals surface area contributed by atoms with Crippen molar-refractivity contribution in [2.24, 2.45) is 0 Å². The summed E-state index contributed by atoms with van der Waals surface area (Å²) in [7, 11) is 2.07. The van der Waals surface area contributed by atoms with Crippen molar-refractivity contribution in [2.75, 3.05) is 20.1 Å². The van der Waals surface area contributed by atoms with Crippen LogP contribution in [-0.2, 0) is 15.1 Å². The Balaban J connectivity index is 1.44. The lowest BCUT2D eigenvalue weighted by atomic mass is 9.75. The highest BCUT2D eigenvalue weighted by Crippen LogP contribution is 2.56. The van der Waals surface area contributed by atoms with Gasteiger partial charge < -0.3 is 14.9 Å². The molecule has 6 rings (SSSR count). The van der Waals surface area contributed by atoms with Crippen LogP contribution in [0.5, 0.6) is 0 Å². The molecule has 0 bridgehead atoms. The molecule has 3 unspecified atom stereocenters. The second-order valence-electron chi connectivity index (χ2n) is 10.3. The summed E-state index contributed by atoms with van der Waals surface area (Å²) in [5.41, 5.74) is 2.32. The van der Waals surface area contributed by atoms with Crippen LogP contribution in [0.1, 0.15) is 29.5 Å². The van der Waals surface area contributed by atoms with Crippen molar-refractivity contribution in [3.63, 3.8) is 0 Å². The molecule has 0 radical (unpaired) electrons. The van der Waals surface area contributed by atoms with Crippen LogP contribution in [0, 0.1) is 0 Å². The summed E-state index contributed by atoms with van der Waals surface area (Å²) < 4.78 is -0.454. The molecular formula is C30H31N3O3S. The minimum Gasteiger partial charge on any atom is -0.480 e. The number of piperidine rings is 1. The maximum Gasteiger partial charge on any atom is 0.327 e. The number of aliphatic carboxylic acids is 1. The Kier molecular flexibility index (Phi) is 6.10. The topological polar surface area (TPSA) is 72.9 Å². The third-order valence-electron chi connectivity index (χ3n) is 8.27. The van der Waals surface area contributed by atoms with Crippen LogP contribution in [0.3, 0.4) is 0 Å². The second-order valence-corrected chi connectivity index (χ2v) is 11.9. The highest BCUT2D eigenvalue weighted by atomic mass is 32.2. The predicted octanol–water partition coefficient (Wildman–Crippen LogP) is 3.77. The van der Waals surface area contributed by atoms with Gasteiger partial charge in [-0.1, -0.05) is 91.0 Å². The van der Waals surface area contributed by atoms with E-state index in [0.717, 1.165) is 42.6 Å². The molecule has 0 aliphatic carbocycles. The molecule has 3 saturated heterocycles. The molecule has 37 heavy (non-hydrogen) atoms. The molecule has 3 fully saturated rings. The zero-order valence-corrected chi connectivity index (χ0v) is 21.6. The molecule has 7 heteroatoms. The van der Waals surface area contributed by atoms with Gasteiger partial charge in [0.15, 0.2) is 0 Å². The maximum atomic E-state index is 13.8. The van der Waals surface area contributed by atoms with Gasteiger partial charge in [0.2, 0.25) is 5.91 Å². The minimum absolute atomic E-state index is 0.132. The van der Waals surface area contributed by atoms with E-state index in [1.807, 2.05) is 54.6 Å². The van der Waals surface area contributed by atoms with E-state index in [2.05, 4.69) is 53.7 Å². The number of benzene rings is 3. The Bertz CT molecular complexity index is 1180. The summed E-state index contributed by atoms with van der Waals surface area (Å²) in [4.78, 5) is 30.2. The lowest BCUT2D eigenvalue weighted by Crippen LogP contribution is -2.73. The predicted molar refractivity (Wildman–Crippen MR) is 145 cm³/mol. The molecule has 3 heterocycles. The highest BCUT2D eigenvalue weighted by Gasteiger charge is 2.67. The average molecular weight is 514 g/mol. The first-order chi connectivity index (χ1) is 18.0. The smallest absolute Gasteiger partial charge is 0.327 e. The molecule has 3 aliphatic heterocycles. The number of thioether (sulfide) groups is 1.